The van der Waals surface area contributed by atoms with Gasteiger partial charge in [-0.15, -0.1) is 0 Å². The summed E-state index contributed by atoms with van der Waals surface area (Å²) in [6.07, 6.45) is 0.0453. The van der Waals surface area contributed by atoms with Crippen molar-refractivity contribution in [1.82, 2.24) is 4.90 Å². The molecule has 8 nitrogen and oxygen atoms in total. The zero-order chi connectivity index (χ0) is 28.7. The number of nitrogens with zero attached hydrogens (tertiary/aromatic N) is 1. The predicted octanol–water partition coefficient (Wildman–Crippen LogP) is 3.95. The highest BCUT2D eigenvalue weighted by molar-refractivity contribution is 6.63. The predicted molar refractivity (Wildman–Crippen MR) is 149 cm³/mol. The Bertz CT molecular complexity index is 1400. The van der Waals surface area contributed by atoms with Gasteiger partial charge in [0.25, 0.3) is 11.8 Å². The third-order valence-electron chi connectivity index (χ3n) is 7.86. The van der Waals surface area contributed by atoms with E-state index < -0.39 is 42.1 Å². The van der Waals surface area contributed by atoms with E-state index in [2.05, 4.69) is 0 Å². The molecule has 206 valence electrons. The van der Waals surface area contributed by atoms with Gasteiger partial charge in [0, 0.05) is 11.9 Å². The first-order valence-electron chi connectivity index (χ1n) is 13.2. The Hall–Kier alpha value is -3.95. The molecule has 1 atom stereocenters. The van der Waals surface area contributed by atoms with Gasteiger partial charge in [0.15, 0.2) is 0 Å². The largest absolute Gasteiger partial charge is 0.498 e. The van der Waals surface area contributed by atoms with Crippen molar-refractivity contribution in [2.24, 2.45) is 0 Å². The van der Waals surface area contributed by atoms with Gasteiger partial charge >= 0.3 is 13.1 Å². The van der Waals surface area contributed by atoms with E-state index in [0.29, 0.717) is 23.4 Å². The molecule has 0 aromatic heterocycles. The topological polar surface area (TPSA) is 91.4 Å². The molecule has 0 radical (unpaired) electrons. The zero-order valence-electron chi connectivity index (χ0n) is 23.3. The number of carbonyl (C=O) groups is 3. The second kappa shape index (κ2) is 10.6. The fourth-order valence-corrected chi connectivity index (χ4v) is 4.88. The van der Waals surface area contributed by atoms with E-state index in [-0.39, 0.29) is 17.5 Å². The summed E-state index contributed by atoms with van der Waals surface area (Å²) in [4.78, 5) is 40.3. The number of fused-ring (bicyclic) bond motifs is 1. The first-order chi connectivity index (χ1) is 19.0. The van der Waals surface area contributed by atoms with Crippen LogP contribution in [-0.4, -0.2) is 54.2 Å². The van der Waals surface area contributed by atoms with Crippen LogP contribution in [0.3, 0.4) is 0 Å². The smallest absolute Gasteiger partial charge is 0.489 e. The number of imide groups is 1. The molecule has 0 N–H and O–H groups in total. The van der Waals surface area contributed by atoms with Crippen LogP contribution in [0.15, 0.2) is 72.8 Å². The van der Waals surface area contributed by atoms with Crippen LogP contribution in [-0.2, 0) is 31.9 Å². The maximum Gasteiger partial charge on any atom is 0.498 e. The Kier molecular flexibility index (Phi) is 7.29. The van der Waals surface area contributed by atoms with E-state index in [1.807, 2.05) is 70.2 Å². The molecule has 5 rings (SSSR count). The number of hydrogen-bond acceptors (Lipinski definition) is 7. The molecule has 2 amide bonds. The minimum absolute atomic E-state index is 0.0453. The maximum absolute atomic E-state index is 13.2. The van der Waals surface area contributed by atoms with Crippen molar-refractivity contribution in [3.63, 3.8) is 0 Å². The Labute approximate surface area is 234 Å². The van der Waals surface area contributed by atoms with Gasteiger partial charge in [-0.05, 0) is 57.0 Å². The average molecular weight is 541 g/mol. The van der Waals surface area contributed by atoms with E-state index >= 15 is 0 Å². The normalized spacial score (nSPS) is 18.0. The standard InChI is InChI=1S/C31H32BNO7/c1-30(2)31(3,4)40-32(39-30)24-17-21(15-16-26(24)38-19-20-11-7-6-8-12-20)18-25(29(36)37-5)33-27(34)22-13-9-10-14-23(22)28(33)35/h6-17,25H,18-19H2,1-5H3/t25-/m0/s1. The lowest BCUT2D eigenvalue weighted by Gasteiger charge is -2.32. The highest BCUT2D eigenvalue weighted by atomic mass is 16.7. The monoisotopic (exact) mass is 541 g/mol. The molecule has 3 aromatic rings. The van der Waals surface area contributed by atoms with Gasteiger partial charge in [0.1, 0.15) is 18.4 Å². The molecule has 0 saturated carbocycles. The Morgan fingerprint density at radius 1 is 0.850 bits per heavy atom. The van der Waals surface area contributed by atoms with Crippen LogP contribution in [0.1, 0.15) is 59.5 Å². The first kappa shape index (κ1) is 27.6. The van der Waals surface area contributed by atoms with Gasteiger partial charge in [-0.3, -0.25) is 14.5 Å². The quantitative estimate of drug-likeness (QED) is 0.242. The fourth-order valence-electron chi connectivity index (χ4n) is 4.88. The van der Waals surface area contributed by atoms with Crippen LogP contribution >= 0.6 is 0 Å². The number of rotatable bonds is 8. The number of ether oxygens (including phenoxy) is 2. The van der Waals surface area contributed by atoms with Crippen LogP contribution in [0.2, 0.25) is 0 Å². The maximum atomic E-state index is 13.2. The SMILES string of the molecule is COC(=O)[C@H](Cc1ccc(OCc2ccccc2)c(B2OC(C)(C)C(C)(C)O2)c1)N1C(=O)c2ccccc2C1=O. The van der Waals surface area contributed by atoms with E-state index in [9.17, 15) is 14.4 Å². The van der Waals surface area contributed by atoms with Gasteiger partial charge in [0.2, 0.25) is 0 Å². The summed E-state index contributed by atoms with van der Waals surface area (Å²) < 4.78 is 23.9. The molecule has 3 aromatic carbocycles. The van der Waals surface area contributed by atoms with E-state index in [4.69, 9.17) is 18.8 Å². The van der Waals surface area contributed by atoms with Crippen molar-refractivity contribution in [3.05, 3.63) is 95.1 Å². The number of methoxy groups -OCH3 is 1. The number of hydrogen-bond donors (Lipinski definition) is 0. The summed E-state index contributed by atoms with van der Waals surface area (Å²) >= 11 is 0. The minimum Gasteiger partial charge on any atom is -0.489 e. The summed E-state index contributed by atoms with van der Waals surface area (Å²) in [5.74, 6) is -1.16. The average Bonchev–Trinajstić information content (AvgIpc) is 3.33. The van der Waals surface area contributed by atoms with Crippen LogP contribution < -0.4 is 10.2 Å². The molecule has 0 aliphatic carbocycles. The molecule has 0 spiro atoms. The van der Waals surface area contributed by atoms with Crippen molar-refractivity contribution in [2.75, 3.05) is 7.11 Å². The first-order valence-corrected chi connectivity index (χ1v) is 13.2. The number of amides is 2. The molecule has 0 bridgehead atoms. The Morgan fingerprint density at radius 2 is 1.43 bits per heavy atom. The lowest BCUT2D eigenvalue weighted by atomic mass is 9.77. The van der Waals surface area contributed by atoms with Crippen LogP contribution in [0.4, 0.5) is 0 Å². The molecule has 2 heterocycles. The third kappa shape index (κ3) is 5.02. The van der Waals surface area contributed by atoms with E-state index in [1.165, 1.54) is 7.11 Å². The summed E-state index contributed by atoms with van der Waals surface area (Å²) in [6.45, 7) is 8.22. The number of carbonyl (C=O) groups excluding carboxylic acids is 3. The Morgan fingerprint density at radius 3 is 2.00 bits per heavy atom. The van der Waals surface area contributed by atoms with Gasteiger partial charge in [-0.2, -0.15) is 0 Å². The van der Waals surface area contributed by atoms with Gasteiger partial charge in [-0.1, -0.05) is 54.6 Å². The lowest BCUT2D eigenvalue weighted by molar-refractivity contribution is -0.145. The van der Waals surface area contributed by atoms with Crippen molar-refractivity contribution >= 4 is 30.4 Å². The Balaban J connectivity index is 1.48. The van der Waals surface area contributed by atoms with Gasteiger partial charge in [-0.25, -0.2) is 4.79 Å². The second-order valence-corrected chi connectivity index (χ2v) is 11.0. The summed E-state index contributed by atoms with van der Waals surface area (Å²) in [5, 5.41) is 0. The summed E-state index contributed by atoms with van der Waals surface area (Å²) in [7, 11) is 0.510. The molecular formula is C31H32BNO7. The van der Waals surface area contributed by atoms with Crippen LogP contribution in [0.25, 0.3) is 0 Å². The molecule has 40 heavy (non-hydrogen) atoms. The van der Waals surface area contributed by atoms with Crippen LogP contribution in [0, 0.1) is 0 Å². The van der Waals surface area contributed by atoms with Crippen molar-refractivity contribution in [2.45, 2.75) is 58.0 Å². The van der Waals surface area contributed by atoms with Gasteiger partial charge < -0.3 is 18.8 Å². The fraction of sp³-hybridized carbons (Fsp3) is 0.323. The summed E-state index contributed by atoms with van der Waals surface area (Å²) in [6, 6.07) is 20.6. The molecule has 2 aliphatic heterocycles. The lowest BCUT2D eigenvalue weighted by Crippen LogP contribution is -2.47. The molecule has 2 aliphatic rings. The van der Waals surface area contributed by atoms with Crippen molar-refractivity contribution in [3.8, 4) is 5.75 Å². The molecule has 9 heteroatoms. The van der Waals surface area contributed by atoms with Gasteiger partial charge in [0.05, 0.1) is 29.4 Å². The zero-order valence-corrected chi connectivity index (χ0v) is 23.3. The highest BCUT2D eigenvalue weighted by Crippen LogP contribution is 2.37. The number of esters is 1. The third-order valence-corrected chi connectivity index (χ3v) is 7.86. The minimum atomic E-state index is -1.15. The van der Waals surface area contributed by atoms with Crippen LogP contribution in [0.5, 0.6) is 5.75 Å². The van der Waals surface area contributed by atoms with Crippen molar-refractivity contribution < 1.29 is 33.2 Å². The summed E-state index contributed by atoms with van der Waals surface area (Å²) in [5.41, 5.74) is 1.70. The van der Waals surface area contributed by atoms with E-state index in [1.54, 1.807) is 30.3 Å². The second-order valence-electron chi connectivity index (χ2n) is 11.0. The molecule has 1 saturated heterocycles. The molecule has 0 unspecified atom stereocenters. The molecule has 1 fully saturated rings. The van der Waals surface area contributed by atoms with Crippen molar-refractivity contribution in [1.29, 1.82) is 0 Å². The molecular weight excluding hydrogens is 509 g/mol. The van der Waals surface area contributed by atoms with E-state index in [0.717, 1.165) is 10.5 Å². The highest BCUT2D eigenvalue weighted by Gasteiger charge is 2.52. The number of benzene rings is 3.